The van der Waals surface area contributed by atoms with Gasteiger partial charge in [-0.2, -0.15) is 0 Å². The van der Waals surface area contributed by atoms with Crippen LogP contribution in [0.25, 0.3) is 84.9 Å². The molecular formula is C54H35NS2. The summed E-state index contributed by atoms with van der Waals surface area (Å²) in [5.41, 5.74) is 13.1. The number of hydrogen-bond donors (Lipinski definition) is 0. The van der Waals surface area contributed by atoms with Gasteiger partial charge >= 0.3 is 0 Å². The van der Waals surface area contributed by atoms with Crippen molar-refractivity contribution in [1.29, 1.82) is 0 Å². The molecule has 0 bridgehead atoms. The van der Waals surface area contributed by atoms with Crippen LogP contribution in [0.2, 0.25) is 0 Å². The van der Waals surface area contributed by atoms with Gasteiger partial charge in [-0.25, -0.2) is 0 Å². The third-order valence-electron chi connectivity index (χ3n) is 11.1. The minimum absolute atomic E-state index is 1.11. The molecule has 0 amide bonds. The molecule has 0 aliphatic carbocycles. The summed E-state index contributed by atoms with van der Waals surface area (Å²) in [6.07, 6.45) is 0. The normalized spacial score (nSPS) is 11.5. The maximum absolute atomic E-state index is 2.45. The Morgan fingerprint density at radius 1 is 0.281 bits per heavy atom. The predicted octanol–water partition coefficient (Wildman–Crippen LogP) is 16.6. The summed E-state index contributed by atoms with van der Waals surface area (Å²) in [6, 6.07) is 77.7. The topological polar surface area (TPSA) is 3.24 Å². The summed E-state index contributed by atoms with van der Waals surface area (Å²) in [5.74, 6) is 0. The van der Waals surface area contributed by atoms with Crippen LogP contribution >= 0.6 is 22.7 Å². The summed E-state index contributed by atoms with van der Waals surface area (Å²) in [7, 11) is 0. The lowest BCUT2D eigenvalue weighted by molar-refractivity contribution is 1.30. The number of hydrogen-bond acceptors (Lipinski definition) is 3. The molecule has 0 radical (unpaired) electrons. The second-order valence-electron chi connectivity index (χ2n) is 14.5. The zero-order chi connectivity index (χ0) is 37.7. The molecule has 1 nitrogen and oxygen atoms in total. The Balaban J connectivity index is 1.11. The molecule has 0 saturated heterocycles. The molecule has 3 heteroatoms. The first-order chi connectivity index (χ1) is 28.3. The third kappa shape index (κ3) is 5.91. The van der Waals surface area contributed by atoms with Crippen LogP contribution in [0.15, 0.2) is 212 Å². The van der Waals surface area contributed by atoms with Crippen LogP contribution in [-0.2, 0) is 0 Å². The number of benzene rings is 9. The van der Waals surface area contributed by atoms with Crippen molar-refractivity contribution in [2.75, 3.05) is 4.90 Å². The average molecular weight is 762 g/mol. The van der Waals surface area contributed by atoms with Gasteiger partial charge in [0.1, 0.15) is 0 Å². The second-order valence-corrected chi connectivity index (χ2v) is 16.6. The van der Waals surface area contributed by atoms with Gasteiger partial charge in [0.25, 0.3) is 0 Å². The molecule has 0 N–H and O–H groups in total. The molecule has 2 heterocycles. The van der Waals surface area contributed by atoms with Gasteiger partial charge in [0.15, 0.2) is 0 Å². The van der Waals surface area contributed by atoms with Crippen LogP contribution in [0.1, 0.15) is 0 Å². The molecule has 0 spiro atoms. The molecular weight excluding hydrogens is 727 g/mol. The fourth-order valence-corrected chi connectivity index (χ4v) is 10.7. The highest BCUT2D eigenvalue weighted by Crippen LogP contribution is 2.47. The highest BCUT2D eigenvalue weighted by Gasteiger charge is 2.21. The van der Waals surface area contributed by atoms with E-state index in [1.807, 2.05) is 22.7 Å². The summed E-state index contributed by atoms with van der Waals surface area (Å²) >= 11 is 3.73. The molecule has 0 unspecified atom stereocenters. The van der Waals surface area contributed by atoms with Gasteiger partial charge in [0.05, 0.1) is 10.4 Å². The molecule has 0 aliphatic heterocycles. The average Bonchev–Trinajstić information content (AvgIpc) is 3.86. The SMILES string of the molecule is c1ccc(-c2ccccc2-c2ccc(N(c3ccc(-c4ccc5sc6ccccc6c5c4)c(-c4ccccc4)c3)c3cccc4c3sc3ccccc34)cc2)cc1. The largest absolute Gasteiger partial charge is 0.309 e. The monoisotopic (exact) mass is 761 g/mol. The van der Waals surface area contributed by atoms with Crippen molar-refractivity contribution >= 4 is 80.1 Å². The quantitative estimate of drug-likeness (QED) is 0.156. The van der Waals surface area contributed by atoms with Crippen LogP contribution in [-0.4, -0.2) is 0 Å². The first-order valence-electron chi connectivity index (χ1n) is 19.3. The lowest BCUT2D eigenvalue weighted by Gasteiger charge is -2.27. The van der Waals surface area contributed by atoms with Gasteiger partial charge in [-0.1, -0.05) is 158 Å². The van der Waals surface area contributed by atoms with Crippen molar-refractivity contribution in [1.82, 2.24) is 0 Å². The summed E-state index contributed by atoms with van der Waals surface area (Å²) in [5, 5.41) is 5.20. The Morgan fingerprint density at radius 3 is 1.51 bits per heavy atom. The molecule has 11 rings (SSSR count). The minimum atomic E-state index is 1.11. The number of nitrogens with zero attached hydrogens (tertiary/aromatic N) is 1. The fraction of sp³-hybridized carbons (Fsp3) is 0. The van der Waals surface area contributed by atoms with E-state index in [0.717, 1.165) is 11.4 Å². The summed E-state index contributed by atoms with van der Waals surface area (Å²) < 4.78 is 5.21. The number of anilines is 3. The Morgan fingerprint density at radius 2 is 0.789 bits per heavy atom. The molecule has 0 saturated carbocycles. The fourth-order valence-electron chi connectivity index (χ4n) is 8.40. The van der Waals surface area contributed by atoms with Crippen molar-refractivity contribution in [3.63, 3.8) is 0 Å². The van der Waals surface area contributed by atoms with E-state index in [-0.39, 0.29) is 0 Å². The van der Waals surface area contributed by atoms with E-state index >= 15 is 0 Å². The van der Waals surface area contributed by atoms with E-state index in [0.29, 0.717) is 0 Å². The third-order valence-corrected chi connectivity index (χ3v) is 13.5. The Kier molecular flexibility index (Phi) is 8.28. The smallest absolute Gasteiger partial charge is 0.0640 e. The van der Waals surface area contributed by atoms with Crippen LogP contribution in [0.4, 0.5) is 17.1 Å². The predicted molar refractivity (Wildman–Crippen MR) is 249 cm³/mol. The molecule has 0 aliphatic rings. The van der Waals surface area contributed by atoms with Crippen molar-refractivity contribution in [3.05, 3.63) is 212 Å². The Hall–Kier alpha value is -6.78. The lowest BCUT2D eigenvalue weighted by atomic mass is 9.92. The summed E-state index contributed by atoms with van der Waals surface area (Å²) in [6.45, 7) is 0. The molecule has 268 valence electrons. The molecule has 0 fully saturated rings. The van der Waals surface area contributed by atoms with Crippen LogP contribution < -0.4 is 4.90 Å². The van der Waals surface area contributed by atoms with E-state index in [1.165, 1.54) is 90.5 Å². The van der Waals surface area contributed by atoms with Crippen molar-refractivity contribution in [2.24, 2.45) is 0 Å². The highest BCUT2D eigenvalue weighted by molar-refractivity contribution is 7.26. The van der Waals surface area contributed by atoms with E-state index in [1.54, 1.807) is 0 Å². The first kappa shape index (κ1) is 33.5. The number of rotatable bonds is 7. The molecule has 11 aromatic rings. The van der Waals surface area contributed by atoms with Crippen molar-refractivity contribution < 1.29 is 0 Å². The molecule has 57 heavy (non-hydrogen) atoms. The van der Waals surface area contributed by atoms with E-state index < -0.39 is 0 Å². The van der Waals surface area contributed by atoms with Gasteiger partial charge < -0.3 is 4.90 Å². The molecule has 2 aromatic heterocycles. The van der Waals surface area contributed by atoms with Gasteiger partial charge in [-0.05, 0) is 99.1 Å². The minimum Gasteiger partial charge on any atom is -0.309 e. The summed E-state index contributed by atoms with van der Waals surface area (Å²) in [4.78, 5) is 2.45. The zero-order valence-corrected chi connectivity index (χ0v) is 32.6. The number of fused-ring (bicyclic) bond motifs is 6. The van der Waals surface area contributed by atoms with Crippen LogP contribution in [0.5, 0.6) is 0 Å². The van der Waals surface area contributed by atoms with Gasteiger partial charge in [0, 0.05) is 47.0 Å². The standard InChI is InChI=1S/C54H35NS2/c1-3-14-36(15-4-1)42-18-7-8-19-43(42)38-26-29-40(30-27-38)55(50-23-13-22-47-45-20-9-12-25-52(45)57-54(47)50)41-31-32-44(48(35-41)37-16-5-2-6-17-37)39-28-33-53-49(34-39)46-21-10-11-24-51(46)56-53/h1-35H. The van der Waals surface area contributed by atoms with Crippen LogP contribution in [0, 0.1) is 0 Å². The molecule has 0 atom stereocenters. The van der Waals surface area contributed by atoms with Crippen molar-refractivity contribution in [3.8, 4) is 44.5 Å². The maximum Gasteiger partial charge on any atom is 0.0640 e. The van der Waals surface area contributed by atoms with Crippen LogP contribution in [0.3, 0.4) is 0 Å². The Labute approximate surface area is 340 Å². The van der Waals surface area contributed by atoms with E-state index in [2.05, 4.69) is 217 Å². The second kappa shape index (κ2) is 14.1. The maximum atomic E-state index is 2.45. The van der Waals surface area contributed by atoms with Gasteiger partial charge in [-0.15, -0.1) is 22.7 Å². The van der Waals surface area contributed by atoms with Crippen molar-refractivity contribution in [2.45, 2.75) is 0 Å². The van der Waals surface area contributed by atoms with E-state index in [9.17, 15) is 0 Å². The van der Waals surface area contributed by atoms with Gasteiger partial charge in [-0.3, -0.25) is 0 Å². The zero-order valence-electron chi connectivity index (χ0n) is 31.0. The first-order valence-corrected chi connectivity index (χ1v) is 21.0. The molecule has 9 aromatic carbocycles. The van der Waals surface area contributed by atoms with Gasteiger partial charge in [0.2, 0.25) is 0 Å². The lowest BCUT2D eigenvalue weighted by Crippen LogP contribution is -2.10. The van der Waals surface area contributed by atoms with E-state index in [4.69, 9.17) is 0 Å². The number of thiophene rings is 2. The highest BCUT2D eigenvalue weighted by atomic mass is 32.1. The Bertz CT molecular complexity index is 3230.